The van der Waals surface area contributed by atoms with Crippen LogP contribution in [0.25, 0.3) is 0 Å². The summed E-state index contributed by atoms with van der Waals surface area (Å²) < 4.78 is 0. The van der Waals surface area contributed by atoms with E-state index in [0.29, 0.717) is 23.8 Å². The molecule has 1 heterocycles. The lowest BCUT2D eigenvalue weighted by atomic mass is 10.1. The third-order valence-corrected chi connectivity index (χ3v) is 2.62. The minimum absolute atomic E-state index is 0.0753. The number of rotatable bonds is 2. The van der Waals surface area contributed by atoms with Crippen LogP contribution in [0.1, 0.15) is 0 Å². The van der Waals surface area contributed by atoms with Gasteiger partial charge in [-0.15, -0.1) is 0 Å². The molecule has 1 aliphatic heterocycles. The Morgan fingerprint density at radius 3 is 2.73 bits per heavy atom. The van der Waals surface area contributed by atoms with Crippen molar-refractivity contribution in [2.24, 2.45) is 5.73 Å². The molecule has 1 aromatic carbocycles. The Balaban J connectivity index is 2.35. The molecule has 1 fully saturated rings. The van der Waals surface area contributed by atoms with Crippen LogP contribution >= 0.6 is 11.6 Å². The van der Waals surface area contributed by atoms with E-state index in [1.807, 2.05) is 4.90 Å². The first-order valence-corrected chi connectivity index (χ1v) is 4.90. The molecule has 0 radical (unpaired) electrons. The van der Waals surface area contributed by atoms with Gasteiger partial charge in [-0.1, -0.05) is 11.6 Å². The molecular formula is C9H10ClN3O2. The van der Waals surface area contributed by atoms with Crippen LogP contribution in [0.3, 0.4) is 0 Å². The maximum absolute atomic E-state index is 10.8. The Morgan fingerprint density at radius 2 is 2.20 bits per heavy atom. The summed E-state index contributed by atoms with van der Waals surface area (Å²) in [5.74, 6) is 0. The molecule has 0 atom stereocenters. The van der Waals surface area contributed by atoms with Gasteiger partial charge in [0.15, 0.2) is 0 Å². The van der Waals surface area contributed by atoms with Crippen LogP contribution in [0.2, 0.25) is 5.02 Å². The standard InChI is InChI=1S/C9H10ClN3O2/c10-6-1-2-8(13(14)15)9(3-6)12-4-7(11)5-12/h1-3,7H,4-5,11H2. The molecule has 2 rings (SSSR count). The fourth-order valence-electron chi connectivity index (χ4n) is 1.61. The highest BCUT2D eigenvalue weighted by Gasteiger charge is 2.28. The number of benzene rings is 1. The Hall–Kier alpha value is -1.33. The lowest BCUT2D eigenvalue weighted by Gasteiger charge is -2.38. The van der Waals surface area contributed by atoms with Gasteiger partial charge in [-0.3, -0.25) is 10.1 Å². The molecule has 1 saturated heterocycles. The van der Waals surface area contributed by atoms with Gasteiger partial charge in [-0.2, -0.15) is 0 Å². The van der Waals surface area contributed by atoms with Gasteiger partial charge in [0.25, 0.3) is 5.69 Å². The van der Waals surface area contributed by atoms with Crippen molar-refractivity contribution in [1.82, 2.24) is 0 Å². The largest absolute Gasteiger partial charge is 0.363 e. The SMILES string of the molecule is NC1CN(c2cc(Cl)ccc2[N+](=O)[O-])C1. The van der Waals surface area contributed by atoms with Crippen molar-refractivity contribution in [2.75, 3.05) is 18.0 Å². The van der Waals surface area contributed by atoms with E-state index < -0.39 is 4.92 Å². The van der Waals surface area contributed by atoms with Gasteiger partial charge in [-0.05, 0) is 12.1 Å². The highest BCUT2D eigenvalue weighted by Crippen LogP contribution is 2.33. The average molecular weight is 228 g/mol. The Kier molecular flexibility index (Phi) is 2.50. The third kappa shape index (κ3) is 1.88. The second kappa shape index (κ2) is 3.67. The summed E-state index contributed by atoms with van der Waals surface area (Å²) in [4.78, 5) is 12.2. The molecule has 0 bridgehead atoms. The van der Waals surface area contributed by atoms with Crippen molar-refractivity contribution in [1.29, 1.82) is 0 Å². The van der Waals surface area contributed by atoms with Crippen molar-refractivity contribution in [2.45, 2.75) is 6.04 Å². The first-order chi connectivity index (χ1) is 7.08. The zero-order valence-electron chi connectivity index (χ0n) is 7.89. The maximum Gasteiger partial charge on any atom is 0.292 e. The molecule has 0 unspecified atom stereocenters. The van der Waals surface area contributed by atoms with Crippen molar-refractivity contribution < 1.29 is 4.92 Å². The van der Waals surface area contributed by atoms with Crippen molar-refractivity contribution >= 4 is 23.0 Å². The van der Waals surface area contributed by atoms with Gasteiger partial charge in [0, 0.05) is 30.2 Å². The van der Waals surface area contributed by atoms with E-state index in [1.54, 1.807) is 6.07 Å². The molecular weight excluding hydrogens is 218 g/mol. The normalized spacial score (nSPS) is 16.3. The van der Waals surface area contributed by atoms with Crippen LogP contribution in [0.15, 0.2) is 18.2 Å². The molecule has 5 nitrogen and oxygen atoms in total. The zero-order valence-corrected chi connectivity index (χ0v) is 8.65. The van der Waals surface area contributed by atoms with E-state index in [1.165, 1.54) is 12.1 Å². The molecule has 1 aliphatic rings. The van der Waals surface area contributed by atoms with Crippen molar-refractivity contribution in [3.05, 3.63) is 33.3 Å². The minimum Gasteiger partial charge on any atom is -0.363 e. The maximum atomic E-state index is 10.8. The highest BCUT2D eigenvalue weighted by molar-refractivity contribution is 6.31. The van der Waals surface area contributed by atoms with Crippen LogP contribution < -0.4 is 10.6 Å². The summed E-state index contributed by atoms with van der Waals surface area (Å²) >= 11 is 5.80. The molecule has 2 N–H and O–H groups in total. The van der Waals surface area contributed by atoms with E-state index in [9.17, 15) is 10.1 Å². The topological polar surface area (TPSA) is 72.4 Å². The summed E-state index contributed by atoms with van der Waals surface area (Å²) in [5, 5.41) is 11.3. The van der Waals surface area contributed by atoms with Gasteiger partial charge in [0.1, 0.15) is 5.69 Å². The fourth-order valence-corrected chi connectivity index (χ4v) is 1.78. The first kappa shape index (κ1) is 10.2. The number of nitro groups is 1. The Morgan fingerprint density at radius 1 is 1.53 bits per heavy atom. The highest BCUT2D eigenvalue weighted by atomic mass is 35.5. The first-order valence-electron chi connectivity index (χ1n) is 4.52. The number of nitrogens with zero attached hydrogens (tertiary/aromatic N) is 2. The Bertz CT molecular complexity index is 404. The predicted octanol–water partition coefficient (Wildman–Crippen LogP) is 1.40. The van der Waals surface area contributed by atoms with E-state index in [-0.39, 0.29) is 11.7 Å². The van der Waals surface area contributed by atoms with E-state index in [0.717, 1.165) is 0 Å². The second-order valence-corrected chi connectivity index (χ2v) is 3.99. The van der Waals surface area contributed by atoms with E-state index >= 15 is 0 Å². The van der Waals surface area contributed by atoms with Crippen LogP contribution in [0.5, 0.6) is 0 Å². The number of anilines is 1. The summed E-state index contributed by atoms with van der Waals surface area (Å²) in [6.07, 6.45) is 0. The second-order valence-electron chi connectivity index (χ2n) is 3.56. The quantitative estimate of drug-likeness (QED) is 0.612. The summed E-state index contributed by atoms with van der Waals surface area (Å²) in [5.41, 5.74) is 6.25. The Labute approximate surface area is 91.6 Å². The van der Waals surface area contributed by atoms with Gasteiger partial charge >= 0.3 is 0 Å². The van der Waals surface area contributed by atoms with Gasteiger partial charge < -0.3 is 10.6 Å². The molecule has 1 aromatic rings. The molecule has 0 saturated carbocycles. The van der Waals surface area contributed by atoms with E-state index in [4.69, 9.17) is 17.3 Å². The minimum atomic E-state index is -0.407. The fraction of sp³-hybridized carbons (Fsp3) is 0.333. The molecule has 15 heavy (non-hydrogen) atoms. The van der Waals surface area contributed by atoms with Crippen LogP contribution in [0.4, 0.5) is 11.4 Å². The third-order valence-electron chi connectivity index (χ3n) is 2.38. The van der Waals surface area contributed by atoms with E-state index in [2.05, 4.69) is 0 Å². The van der Waals surface area contributed by atoms with Crippen LogP contribution in [-0.4, -0.2) is 24.1 Å². The molecule has 0 amide bonds. The number of nitro benzene ring substituents is 1. The van der Waals surface area contributed by atoms with Crippen molar-refractivity contribution in [3.8, 4) is 0 Å². The molecule has 80 valence electrons. The molecule has 6 heteroatoms. The average Bonchev–Trinajstić information content (AvgIpc) is 2.12. The van der Waals surface area contributed by atoms with Crippen LogP contribution in [0, 0.1) is 10.1 Å². The summed E-state index contributed by atoms with van der Waals surface area (Å²) in [6.45, 7) is 1.28. The lowest BCUT2D eigenvalue weighted by molar-refractivity contribution is -0.384. The van der Waals surface area contributed by atoms with Crippen molar-refractivity contribution in [3.63, 3.8) is 0 Å². The summed E-state index contributed by atoms with van der Waals surface area (Å²) in [6, 6.07) is 4.64. The molecule has 0 spiro atoms. The number of hydrogen-bond acceptors (Lipinski definition) is 4. The molecule has 0 aromatic heterocycles. The van der Waals surface area contributed by atoms with Crippen LogP contribution in [-0.2, 0) is 0 Å². The lowest BCUT2D eigenvalue weighted by Crippen LogP contribution is -2.56. The number of hydrogen-bond donors (Lipinski definition) is 1. The van der Waals surface area contributed by atoms with Gasteiger partial charge in [-0.25, -0.2) is 0 Å². The monoisotopic (exact) mass is 227 g/mol. The van der Waals surface area contributed by atoms with Gasteiger partial charge in [0.05, 0.1) is 4.92 Å². The smallest absolute Gasteiger partial charge is 0.292 e. The zero-order chi connectivity index (χ0) is 11.0. The number of halogens is 1. The molecule has 0 aliphatic carbocycles. The predicted molar refractivity (Wildman–Crippen MR) is 58.3 cm³/mol. The van der Waals surface area contributed by atoms with Gasteiger partial charge in [0.2, 0.25) is 0 Å². The summed E-state index contributed by atoms with van der Waals surface area (Å²) in [7, 11) is 0. The number of nitrogens with two attached hydrogens (primary N) is 1.